The molecule has 100 valence electrons. The van der Waals surface area contributed by atoms with Gasteiger partial charge < -0.3 is 20.5 Å². The molecule has 3 N–H and O–H groups in total. The number of carbonyl (C=O) groups is 1. The number of nitrogens with zero attached hydrogens (tertiary/aromatic N) is 1. The molecule has 1 amide bonds. The lowest BCUT2D eigenvalue weighted by Crippen LogP contribution is -2.53. The molecule has 1 unspecified atom stereocenters. The van der Waals surface area contributed by atoms with E-state index in [1.807, 2.05) is 20.8 Å². The third-order valence-electron chi connectivity index (χ3n) is 2.86. The minimum atomic E-state index is -0.664. The predicted octanol–water partition coefficient (Wildman–Crippen LogP) is 1.10. The van der Waals surface area contributed by atoms with Crippen molar-refractivity contribution < 1.29 is 14.6 Å². The van der Waals surface area contributed by atoms with Gasteiger partial charge in [0, 0.05) is 13.1 Å². The van der Waals surface area contributed by atoms with Gasteiger partial charge in [-0.3, -0.25) is 0 Å². The molecule has 1 rings (SSSR count). The van der Waals surface area contributed by atoms with E-state index in [1.165, 1.54) is 0 Å². The van der Waals surface area contributed by atoms with Crippen LogP contribution >= 0.6 is 0 Å². The maximum absolute atomic E-state index is 12.0. The molecule has 0 aliphatic carbocycles. The molecule has 0 radical (unpaired) electrons. The highest BCUT2D eigenvalue weighted by Crippen LogP contribution is 2.22. The van der Waals surface area contributed by atoms with E-state index in [1.54, 1.807) is 4.90 Å². The van der Waals surface area contributed by atoms with Crippen LogP contribution in [0.5, 0.6) is 0 Å². The van der Waals surface area contributed by atoms with Gasteiger partial charge in [0.1, 0.15) is 5.60 Å². The Bertz CT molecular complexity index is 263. The van der Waals surface area contributed by atoms with Crippen LogP contribution in [0.1, 0.15) is 40.0 Å². The number of hydrogen-bond donors (Lipinski definition) is 2. The molecule has 1 fully saturated rings. The predicted molar refractivity (Wildman–Crippen MR) is 65.6 cm³/mol. The van der Waals surface area contributed by atoms with Gasteiger partial charge in [-0.1, -0.05) is 0 Å². The Morgan fingerprint density at radius 2 is 2.18 bits per heavy atom. The molecule has 2 atom stereocenters. The molecular formula is C12H24N2O3. The molecule has 0 aromatic carbocycles. The van der Waals surface area contributed by atoms with Gasteiger partial charge in [-0.2, -0.15) is 0 Å². The quantitative estimate of drug-likeness (QED) is 0.762. The number of ether oxygens (including phenoxy) is 1. The lowest BCUT2D eigenvalue weighted by Gasteiger charge is -2.38. The maximum atomic E-state index is 12.0. The number of likely N-dealkylation sites (tertiary alicyclic amines) is 1. The van der Waals surface area contributed by atoms with E-state index >= 15 is 0 Å². The van der Waals surface area contributed by atoms with Crippen LogP contribution in [0.4, 0.5) is 4.79 Å². The van der Waals surface area contributed by atoms with Crippen LogP contribution in [0.2, 0.25) is 0 Å². The summed E-state index contributed by atoms with van der Waals surface area (Å²) in [6.45, 7) is 6.32. The lowest BCUT2D eigenvalue weighted by atomic mass is 9.98. The minimum absolute atomic E-state index is 0.171. The van der Waals surface area contributed by atoms with Crippen LogP contribution in [-0.2, 0) is 4.74 Å². The van der Waals surface area contributed by atoms with Gasteiger partial charge in [-0.25, -0.2) is 4.79 Å². The summed E-state index contributed by atoms with van der Waals surface area (Å²) in [7, 11) is 0. The first-order valence-electron chi connectivity index (χ1n) is 6.23. The zero-order valence-corrected chi connectivity index (χ0v) is 11.0. The molecule has 1 aliphatic rings. The molecular weight excluding hydrogens is 220 g/mol. The van der Waals surface area contributed by atoms with Crippen molar-refractivity contribution in [2.75, 3.05) is 13.1 Å². The van der Waals surface area contributed by atoms with Gasteiger partial charge in [-0.15, -0.1) is 0 Å². The second-order valence-electron chi connectivity index (χ2n) is 5.54. The first kappa shape index (κ1) is 14.3. The van der Waals surface area contributed by atoms with Gasteiger partial charge in [0.05, 0.1) is 12.1 Å². The zero-order chi connectivity index (χ0) is 13.1. The SMILES string of the molecule is CC(C)(C)OC(=O)N1CCCCC1[C@H](O)CN. The highest BCUT2D eigenvalue weighted by molar-refractivity contribution is 5.68. The number of piperidine rings is 1. The van der Waals surface area contributed by atoms with Crippen molar-refractivity contribution in [2.24, 2.45) is 5.73 Å². The normalized spacial score (nSPS) is 23.4. The fourth-order valence-electron chi connectivity index (χ4n) is 2.06. The number of aliphatic hydroxyl groups is 1. The van der Waals surface area contributed by atoms with E-state index in [9.17, 15) is 9.90 Å². The Balaban J connectivity index is 2.67. The van der Waals surface area contributed by atoms with Crippen LogP contribution in [-0.4, -0.2) is 46.9 Å². The third-order valence-corrected chi connectivity index (χ3v) is 2.86. The molecule has 1 aliphatic heterocycles. The number of rotatable bonds is 2. The van der Waals surface area contributed by atoms with Gasteiger partial charge >= 0.3 is 6.09 Å². The number of carbonyl (C=O) groups excluding carboxylic acids is 1. The van der Waals surface area contributed by atoms with Gasteiger partial charge in [-0.05, 0) is 40.0 Å². The fourth-order valence-corrected chi connectivity index (χ4v) is 2.06. The van der Waals surface area contributed by atoms with Crippen LogP contribution in [0.3, 0.4) is 0 Å². The van der Waals surface area contributed by atoms with Crippen molar-refractivity contribution in [1.29, 1.82) is 0 Å². The monoisotopic (exact) mass is 244 g/mol. The topological polar surface area (TPSA) is 75.8 Å². The molecule has 0 bridgehead atoms. The molecule has 0 aromatic rings. The van der Waals surface area contributed by atoms with E-state index in [4.69, 9.17) is 10.5 Å². The van der Waals surface area contributed by atoms with Gasteiger partial charge in [0.15, 0.2) is 0 Å². The standard InChI is InChI=1S/C12H24N2O3/c1-12(2,3)17-11(16)14-7-5-4-6-9(14)10(15)8-13/h9-10,15H,4-8,13H2,1-3H3/t9?,10-/m1/s1. The van der Waals surface area contributed by atoms with Crippen LogP contribution in [0, 0.1) is 0 Å². The van der Waals surface area contributed by atoms with Crippen molar-refractivity contribution >= 4 is 6.09 Å². The van der Waals surface area contributed by atoms with E-state index in [2.05, 4.69) is 0 Å². The van der Waals surface area contributed by atoms with Crippen LogP contribution in [0.25, 0.3) is 0 Å². The zero-order valence-electron chi connectivity index (χ0n) is 11.0. The summed E-state index contributed by atoms with van der Waals surface area (Å²) in [6, 6.07) is -0.205. The summed E-state index contributed by atoms with van der Waals surface area (Å²) in [5.74, 6) is 0. The number of hydrogen-bond acceptors (Lipinski definition) is 4. The number of amides is 1. The van der Waals surface area contributed by atoms with Crippen molar-refractivity contribution in [3.8, 4) is 0 Å². The average molecular weight is 244 g/mol. The first-order chi connectivity index (χ1) is 7.85. The molecule has 1 saturated heterocycles. The van der Waals surface area contributed by atoms with Crippen molar-refractivity contribution in [3.05, 3.63) is 0 Å². The summed E-state index contributed by atoms with van der Waals surface area (Å²) in [5.41, 5.74) is 4.96. The second kappa shape index (κ2) is 5.69. The minimum Gasteiger partial charge on any atom is -0.444 e. The number of aliphatic hydroxyl groups excluding tert-OH is 1. The Morgan fingerprint density at radius 1 is 1.53 bits per heavy atom. The third kappa shape index (κ3) is 4.16. The van der Waals surface area contributed by atoms with E-state index < -0.39 is 11.7 Å². The molecule has 0 aromatic heterocycles. The highest BCUT2D eigenvalue weighted by atomic mass is 16.6. The second-order valence-corrected chi connectivity index (χ2v) is 5.54. The maximum Gasteiger partial charge on any atom is 0.410 e. The molecule has 0 spiro atoms. The van der Waals surface area contributed by atoms with E-state index in [0.29, 0.717) is 6.54 Å². The van der Waals surface area contributed by atoms with Crippen molar-refractivity contribution in [1.82, 2.24) is 4.90 Å². The van der Waals surface area contributed by atoms with Gasteiger partial charge in [0.2, 0.25) is 0 Å². The molecule has 17 heavy (non-hydrogen) atoms. The van der Waals surface area contributed by atoms with Crippen molar-refractivity contribution in [2.45, 2.75) is 57.8 Å². The van der Waals surface area contributed by atoms with Gasteiger partial charge in [0.25, 0.3) is 0 Å². The summed E-state index contributed by atoms with van der Waals surface area (Å²) in [5, 5.41) is 9.83. The average Bonchev–Trinajstić information content (AvgIpc) is 2.25. The molecule has 1 heterocycles. The summed E-state index contributed by atoms with van der Waals surface area (Å²) < 4.78 is 5.34. The Morgan fingerprint density at radius 3 is 2.71 bits per heavy atom. The van der Waals surface area contributed by atoms with Crippen LogP contribution in [0.15, 0.2) is 0 Å². The summed E-state index contributed by atoms with van der Waals surface area (Å²) in [6.07, 6.45) is 1.74. The number of nitrogens with two attached hydrogens (primary N) is 1. The lowest BCUT2D eigenvalue weighted by molar-refractivity contribution is -0.0143. The van der Waals surface area contributed by atoms with Crippen LogP contribution < -0.4 is 5.73 Å². The summed E-state index contributed by atoms with van der Waals surface area (Å²) in [4.78, 5) is 13.6. The fraction of sp³-hybridized carbons (Fsp3) is 0.917. The highest BCUT2D eigenvalue weighted by Gasteiger charge is 2.33. The van der Waals surface area contributed by atoms with E-state index in [-0.39, 0.29) is 18.7 Å². The molecule has 5 heteroatoms. The smallest absolute Gasteiger partial charge is 0.410 e. The molecule has 0 saturated carbocycles. The largest absolute Gasteiger partial charge is 0.444 e. The Labute approximate surface area is 103 Å². The van der Waals surface area contributed by atoms with E-state index in [0.717, 1.165) is 19.3 Å². The van der Waals surface area contributed by atoms with Crippen molar-refractivity contribution in [3.63, 3.8) is 0 Å². The Hall–Kier alpha value is -0.810. The molecule has 5 nitrogen and oxygen atoms in total. The Kier molecular flexibility index (Phi) is 4.77. The summed E-state index contributed by atoms with van der Waals surface area (Å²) >= 11 is 0. The first-order valence-corrected chi connectivity index (χ1v) is 6.23.